The van der Waals surface area contributed by atoms with Crippen molar-refractivity contribution in [3.63, 3.8) is 0 Å². The van der Waals surface area contributed by atoms with Crippen LogP contribution < -0.4 is 10.1 Å². The first-order valence-corrected chi connectivity index (χ1v) is 6.56. The van der Waals surface area contributed by atoms with E-state index in [4.69, 9.17) is 9.84 Å². The van der Waals surface area contributed by atoms with E-state index in [2.05, 4.69) is 26.1 Å². The minimum Gasteiger partial charge on any atom is -0.479 e. The second kappa shape index (κ2) is 6.57. The summed E-state index contributed by atoms with van der Waals surface area (Å²) in [5.41, 5.74) is 0.974. The second-order valence-electron chi connectivity index (χ2n) is 5.56. The predicted molar refractivity (Wildman–Crippen MR) is 75.4 cm³/mol. The topological polar surface area (TPSA) is 58.6 Å². The van der Waals surface area contributed by atoms with E-state index in [1.54, 1.807) is 6.92 Å². The van der Waals surface area contributed by atoms with Crippen LogP contribution in [0.15, 0.2) is 24.3 Å². The van der Waals surface area contributed by atoms with Crippen molar-refractivity contribution in [2.24, 2.45) is 0 Å². The molecule has 0 aliphatic carbocycles. The summed E-state index contributed by atoms with van der Waals surface area (Å²) in [4.78, 5) is 11.0. The first-order chi connectivity index (χ1) is 8.83. The van der Waals surface area contributed by atoms with Gasteiger partial charge < -0.3 is 15.2 Å². The Bertz CT molecular complexity index is 424. The van der Waals surface area contributed by atoms with E-state index in [0.29, 0.717) is 18.7 Å². The zero-order chi connectivity index (χ0) is 14.5. The fourth-order valence-electron chi connectivity index (χ4n) is 1.59. The van der Waals surface area contributed by atoms with Gasteiger partial charge in [0, 0.05) is 17.6 Å². The minimum atomic E-state index is -0.930. The smallest absolute Gasteiger partial charge is 0.344 e. The third-order valence-corrected chi connectivity index (χ3v) is 2.70. The molecule has 0 amide bonds. The van der Waals surface area contributed by atoms with Crippen molar-refractivity contribution in [2.45, 2.75) is 52.3 Å². The summed E-state index contributed by atoms with van der Waals surface area (Å²) in [7, 11) is 0. The summed E-state index contributed by atoms with van der Waals surface area (Å²) >= 11 is 0. The third kappa shape index (κ3) is 5.30. The SMILES string of the molecule is CCC(Oc1ccccc1CNC(C)(C)C)C(=O)O. The van der Waals surface area contributed by atoms with Crippen molar-refractivity contribution < 1.29 is 14.6 Å². The Labute approximate surface area is 114 Å². The molecule has 1 aromatic rings. The number of carboxylic acid groups (broad SMARTS) is 1. The molecule has 1 rings (SSSR count). The number of carbonyl (C=O) groups is 1. The molecular formula is C15H23NO3. The van der Waals surface area contributed by atoms with Gasteiger partial charge in [0.2, 0.25) is 0 Å². The van der Waals surface area contributed by atoms with Crippen LogP contribution in [-0.4, -0.2) is 22.7 Å². The van der Waals surface area contributed by atoms with Gasteiger partial charge in [0.15, 0.2) is 6.10 Å². The van der Waals surface area contributed by atoms with E-state index < -0.39 is 12.1 Å². The number of hydrogen-bond donors (Lipinski definition) is 2. The van der Waals surface area contributed by atoms with Crippen LogP contribution in [0.2, 0.25) is 0 Å². The monoisotopic (exact) mass is 265 g/mol. The van der Waals surface area contributed by atoms with Crippen molar-refractivity contribution >= 4 is 5.97 Å². The van der Waals surface area contributed by atoms with Crippen molar-refractivity contribution in [1.82, 2.24) is 5.32 Å². The van der Waals surface area contributed by atoms with Gasteiger partial charge in [0.1, 0.15) is 5.75 Å². The summed E-state index contributed by atoms with van der Waals surface area (Å²) in [6.45, 7) is 8.71. The Morgan fingerprint density at radius 3 is 2.53 bits per heavy atom. The summed E-state index contributed by atoms with van der Waals surface area (Å²) in [5, 5.41) is 12.4. The number of rotatable bonds is 6. The van der Waals surface area contributed by atoms with Crippen molar-refractivity contribution in [3.8, 4) is 5.75 Å². The molecule has 106 valence electrons. The maximum Gasteiger partial charge on any atom is 0.344 e. The highest BCUT2D eigenvalue weighted by Gasteiger charge is 2.18. The van der Waals surface area contributed by atoms with Crippen LogP contribution in [0.5, 0.6) is 5.75 Å². The predicted octanol–water partition coefficient (Wildman–Crippen LogP) is 2.82. The molecule has 1 unspecified atom stereocenters. The Morgan fingerprint density at radius 2 is 2.00 bits per heavy atom. The molecule has 0 aliphatic rings. The van der Waals surface area contributed by atoms with E-state index in [-0.39, 0.29) is 5.54 Å². The molecule has 0 radical (unpaired) electrons. The van der Waals surface area contributed by atoms with E-state index in [1.807, 2.05) is 24.3 Å². The number of ether oxygens (including phenoxy) is 1. The Balaban J connectivity index is 2.80. The fraction of sp³-hybridized carbons (Fsp3) is 0.533. The molecule has 2 N–H and O–H groups in total. The van der Waals surface area contributed by atoms with Crippen molar-refractivity contribution in [3.05, 3.63) is 29.8 Å². The van der Waals surface area contributed by atoms with E-state index >= 15 is 0 Å². The molecule has 0 fully saturated rings. The van der Waals surface area contributed by atoms with Crippen LogP contribution in [0.4, 0.5) is 0 Å². The molecule has 0 spiro atoms. The lowest BCUT2D eigenvalue weighted by atomic mass is 10.1. The normalized spacial score (nSPS) is 13.1. The first-order valence-electron chi connectivity index (χ1n) is 6.56. The molecule has 0 aromatic heterocycles. The van der Waals surface area contributed by atoms with Gasteiger partial charge >= 0.3 is 5.97 Å². The van der Waals surface area contributed by atoms with Crippen LogP contribution in [-0.2, 0) is 11.3 Å². The number of nitrogens with one attached hydrogen (secondary N) is 1. The third-order valence-electron chi connectivity index (χ3n) is 2.70. The minimum absolute atomic E-state index is 0.00403. The molecule has 4 heteroatoms. The number of aliphatic carboxylic acids is 1. The van der Waals surface area contributed by atoms with Crippen molar-refractivity contribution in [2.75, 3.05) is 0 Å². The maximum absolute atomic E-state index is 11.0. The van der Waals surface area contributed by atoms with Gasteiger partial charge in [-0.15, -0.1) is 0 Å². The standard InChI is InChI=1S/C15H23NO3/c1-5-12(14(17)18)19-13-9-7-6-8-11(13)10-16-15(2,3)4/h6-9,12,16H,5,10H2,1-4H3,(H,17,18). The summed E-state index contributed by atoms with van der Waals surface area (Å²) in [5.74, 6) is -0.297. The van der Waals surface area contributed by atoms with Gasteiger partial charge in [0.05, 0.1) is 0 Å². The van der Waals surface area contributed by atoms with Crippen LogP contribution in [0.3, 0.4) is 0 Å². The quantitative estimate of drug-likeness (QED) is 0.830. The number of hydrogen-bond acceptors (Lipinski definition) is 3. The summed E-state index contributed by atoms with van der Waals surface area (Å²) in [6, 6.07) is 7.53. The molecule has 4 nitrogen and oxygen atoms in total. The van der Waals surface area contributed by atoms with Gasteiger partial charge in [-0.2, -0.15) is 0 Å². The molecule has 0 heterocycles. The molecular weight excluding hydrogens is 242 g/mol. The largest absolute Gasteiger partial charge is 0.479 e. The van der Waals surface area contributed by atoms with E-state index in [0.717, 1.165) is 5.56 Å². The molecule has 1 atom stereocenters. The molecule has 0 saturated heterocycles. The van der Waals surface area contributed by atoms with Gasteiger partial charge in [-0.1, -0.05) is 25.1 Å². The molecule has 0 saturated carbocycles. The lowest BCUT2D eigenvalue weighted by Gasteiger charge is -2.22. The number of carboxylic acids is 1. The zero-order valence-electron chi connectivity index (χ0n) is 12.1. The fourth-order valence-corrected chi connectivity index (χ4v) is 1.59. The Kier molecular flexibility index (Phi) is 5.36. The molecule has 0 bridgehead atoms. The second-order valence-corrected chi connectivity index (χ2v) is 5.56. The van der Waals surface area contributed by atoms with Crippen LogP contribution in [0.1, 0.15) is 39.7 Å². The Morgan fingerprint density at radius 1 is 1.37 bits per heavy atom. The van der Waals surface area contributed by atoms with Gasteiger partial charge in [-0.25, -0.2) is 4.79 Å². The highest BCUT2D eigenvalue weighted by Crippen LogP contribution is 2.21. The maximum atomic E-state index is 11.0. The lowest BCUT2D eigenvalue weighted by molar-refractivity contribution is -0.145. The molecule has 19 heavy (non-hydrogen) atoms. The first kappa shape index (κ1) is 15.5. The average molecular weight is 265 g/mol. The highest BCUT2D eigenvalue weighted by molar-refractivity contribution is 5.72. The van der Waals surface area contributed by atoms with Crippen LogP contribution in [0.25, 0.3) is 0 Å². The van der Waals surface area contributed by atoms with Gasteiger partial charge in [0.25, 0.3) is 0 Å². The summed E-state index contributed by atoms with van der Waals surface area (Å²) < 4.78 is 5.58. The van der Waals surface area contributed by atoms with Gasteiger partial charge in [-0.05, 0) is 33.3 Å². The number of para-hydroxylation sites is 1. The van der Waals surface area contributed by atoms with E-state index in [1.165, 1.54) is 0 Å². The zero-order valence-corrected chi connectivity index (χ0v) is 12.1. The number of benzene rings is 1. The lowest BCUT2D eigenvalue weighted by Crippen LogP contribution is -2.35. The van der Waals surface area contributed by atoms with E-state index in [9.17, 15) is 4.79 Å². The molecule has 1 aromatic carbocycles. The van der Waals surface area contributed by atoms with Crippen LogP contribution >= 0.6 is 0 Å². The molecule has 0 aliphatic heterocycles. The van der Waals surface area contributed by atoms with Crippen molar-refractivity contribution in [1.29, 1.82) is 0 Å². The summed E-state index contributed by atoms with van der Waals surface area (Å²) in [6.07, 6.45) is -0.355. The Hall–Kier alpha value is -1.55. The van der Waals surface area contributed by atoms with Gasteiger partial charge in [-0.3, -0.25) is 0 Å². The average Bonchev–Trinajstić information content (AvgIpc) is 2.33. The van der Waals surface area contributed by atoms with Crippen LogP contribution in [0, 0.1) is 0 Å². The highest BCUT2D eigenvalue weighted by atomic mass is 16.5.